The Labute approximate surface area is 272 Å². The Hall–Kier alpha value is -5.13. The Morgan fingerprint density at radius 1 is 0.532 bits per heavy atom. The van der Waals surface area contributed by atoms with Gasteiger partial charge in [0.2, 0.25) is 0 Å². The molecule has 3 rings (SSSR count). The van der Waals surface area contributed by atoms with E-state index in [4.69, 9.17) is 9.47 Å². The highest BCUT2D eigenvalue weighted by Crippen LogP contribution is 2.51. The summed E-state index contributed by atoms with van der Waals surface area (Å²) in [7, 11) is 2.52. The molecule has 12 heteroatoms. The van der Waals surface area contributed by atoms with Crippen LogP contribution in [0.4, 0.5) is 0 Å². The molecule has 0 radical (unpaired) electrons. The van der Waals surface area contributed by atoms with Crippen molar-refractivity contribution in [3.63, 3.8) is 0 Å². The van der Waals surface area contributed by atoms with Gasteiger partial charge in [-0.25, -0.2) is 0 Å². The number of carbonyl (C=O) groups is 3. The average molecular weight is 655 g/mol. The molecule has 0 saturated carbocycles. The first-order valence-corrected chi connectivity index (χ1v) is 15.0. The Bertz CT molecular complexity index is 1660. The highest BCUT2D eigenvalue weighted by atomic mass is 16.5. The molecule has 0 unspecified atom stereocenters. The Morgan fingerprint density at radius 2 is 0.830 bits per heavy atom. The van der Waals surface area contributed by atoms with Gasteiger partial charge >= 0.3 is 0 Å². The number of phenols is 7. The number of methoxy groups -OCH3 is 2. The van der Waals surface area contributed by atoms with Gasteiger partial charge < -0.3 is 45.2 Å². The van der Waals surface area contributed by atoms with E-state index in [2.05, 4.69) is 0 Å². The molecule has 0 heterocycles. The summed E-state index contributed by atoms with van der Waals surface area (Å²) in [5.41, 5.74) is -2.33. The van der Waals surface area contributed by atoms with Gasteiger partial charge in [0.05, 0.1) is 14.2 Å². The van der Waals surface area contributed by atoms with Gasteiger partial charge in [-0.3, -0.25) is 14.4 Å². The Kier molecular flexibility index (Phi) is 10.6. The van der Waals surface area contributed by atoms with Crippen LogP contribution in [0.3, 0.4) is 0 Å². The van der Waals surface area contributed by atoms with Crippen molar-refractivity contribution in [2.45, 2.75) is 67.7 Å². The van der Waals surface area contributed by atoms with E-state index in [0.29, 0.717) is 0 Å². The lowest BCUT2D eigenvalue weighted by Gasteiger charge is -2.23. The minimum atomic E-state index is -0.852. The molecule has 47 heavy (non-hydrogen) atoms. The van der Waals surface area contributed by atoms with Crippen LogP contribution in [0.1, 0.15) is 105 Å². The summed E-state index contributed by atoms with van der Waals surface area (Å²) >= 11 is 0. The summed E-state index contributed by atoms with van der Waals surface area (Å²) in [6, 6.07) is 0. The molecule has 0 atom stereocenters. The van der Waals surface area contributed by atoms with Gasteiger partial charge in [0.15, 0.2) is 17.3 Å². The molecule has 254 valence electrons. The van der Waals surface area contributed by atoms with Crippen LogP contribution in [0, 0.1) is 25.7 Å². The van der Waals surface area contributed by atoms with Crippen molar-refractivity contribution in [1.29, 1.82) is 0 Å². The highest BCUT2D eigenvalue weighted by molar-refractivity contribution is 6.05. The molecular formula is C35H42O12. The maximum absolute atomic E-state index is 13.1. The molecule has 3 aromatic carbocycles. The minimum absolute atomic E-state index is 0.0725. The summed E-state index contributed by atoms with van der Waals surface area (Å²) < 4.78 is 10.6. The summed E-state index contributed by atoms with van der Waals surface area (Å²) in [5, 5.41) is 78.8. The van der Waals surface area contributed by atoms with Crippen LogP contribution in [-0.4, -0.2) is 67.3 Å². The van der Waals surface area contributed by atoms with Crippen LogP contribution < -0.4 is 9.47 Å². The number of rotatable bonds is 12. The predicted octanol–water partition coefficient (Wildman–Crippen LogP) is 5.71. The fourth-order valence-corrected chi connectivity index (χ4v) is 5.61. The predicted molar refractivity (Wildman–Crippen MR) is 172 cm³/mol. The van der Waals surface area contributed by atoms with E-state index >= 15 is 0 Å². The largest absolute Gasteiger partial charge is 0.507 e. The first-order chi connectivity index (χ1) is 21.9. The summed E-state index contributed by atoms with van der Waals surface area (Å²) in [6.07, 6.45) is -1.49. The van der Waals surface area contributed by atoms with Crippen molar-refractivity contribution in [3.8, 4) is 51.7 Å². The quantitative estimate of drug-likeness (QED) is 0.117. The van der Waals surface area contributed by atoms with Crippen LogP contribution >= 0.6 is 0 Å². The van der Waals surface area contributed by atoms with E-state index in [-0.39, 0.29) is 51.3 Å². The number of aromatic hydroxyl groups is 7. The van der Waals surface area contributed by atoms with Gasteiger partial charge in [-0.15, -0.1) is 0 Å². The zero-order valence-electron chi connectivity index (χ0n) is 27.9. The van der Waals surface area contributed by atoms with Crippen LogP contribution in [0.15, 0.2) is 0 Å². The molecule has 0 aliphatic rings. The smallest absolute Gasteiger partial charge is 0.172 e. The van der Waals surface area contributed by atoms with E-state index in [1.54, 1.807) is 27.7 Å². The second-order valence-electron chi connectivity index (χ2n) is 12.0. The molecule has 0 amide bonds. The van der Waals surface area contributed by atoms with Crippen LogP contribution in [0.25, 0.3) is 0 Å². The number of hydrogen-bond acceptors (Lipinski definition) is 12. The van der Waals surface area contributed by atoms with Crippen LogP contribution in [0.2, 0.25) is 0 Å². The highest BCUT2D eigenvalue weighted by Gasteiger charge is 2.34. The lowest BCUT2D eigenvalue weighted by Crippen LogP contribution is -2.13. The first kappa shape index (κ1) is 36.3. The molecule has 0 fully saturated rings. The van der Waals surface area contributed by atoms with Crippen molar-refractivity contribution in [1.82, 2.24) is 0 Å². The summed E-state index contributed by atoms with van der Waals surface area (Å²) in [4.78, 5) is 39.2. The van der Waals surface area contributed by atoms with Gasteiger partial charge in [-0.2, -0.15) is 0 Å². The third kappa shape index (κ3) is 6.07. The average Bonchev–Trinajstić information content (AvgIpc) is 3.02. The second kappa shape index (κ2) is 13.7. The van der Waals surface area contributed by atoms with E-state index < -0.39 is 99.0 Å². The third-order valence-corrected chi connectivity index (χ3v) is 8.34. The van der Waals surface area contributed by atoms with E-state index in [0.717, 1.165) is 0 Å². The number of carbonyl (C=O) groups excluding carboxylic acids is 3. The van der Waals surface area contributed by atoms with Crippen molar-refractivity contribution in [2.75, 3.05) is 14.2 Å². The molecule has 3 aromatic rings. The van der Waals surface area contributed by atoms with Gasteiger partial charge in [-0.1, -0.05) is 34.6 Å². The summed E-state index contributed by atoms with van der Waals surface area (Å²) in [6.45, 7) is 10.7. The molecule has 12 nitrogen and oxygen atoms in total. The second-order valence-corrected chi connectivity index (χ2v) is 12.0. The number of hydrogen-bond donors (Lipinski definition) is 7. The van der Waals surface area contributed by atoms with E-state index in [9.17, 15) is 50.1 Å². The third-order valence-electron chi connectivity index (χ3n) is 8.34. The van der Waals surface area contributed by atoms with Gasteiger partial charge in [0.1, 0.15) is 68.4 Å². The SMILES string of the molecule is CCC(=O)c1c(O)c(Cc2c(O)c(C)c(OC)c(C(=O)C(C)C)c2O)c(O)c(Cc2c(O)c(C)c(OC)c(C(=O)C(C)C)c2O)c1O. The fraction of sp³-hybridized carbons (Fsp3) is 0.400. The molecular weight excluding hydrogens is 612 g/mol. The van der Waals surface area contributed by atoms with Crippen molar-refractivity contribution in [2.24, 2.45) is 11.8 Å². The maximum atomic E-state index is 13.1. The van der Waals surface area contributed by atoms with E-state index in [1.807, 2.05) is 0 Å². The van der Waals surface area contributed by atoms with Crippen LogP contribution in [0.5, 0.6) is 51.7 Å². The Balaban J connectivity index is 2.43. The van der Waals surface area contributed by atoms with Crippen molar-refractivity contribution < 1.29 is 59.6 Å². The number of benzene rings is 3. The van der Waals surface area contributed by atoms with Crippen molar-refractivity contribution >= 4 is 17.3 Å². The minimum Gasteiger partial charge on any atom is -0.507 e. The lowest BCUT2D eigenvalue weighted by atomic mass is 9.86. The van der Waals surface area contributed by atoms with Gasteiger partial charge in [0.25, 0.3) is 0 Å². The van der Waals surface area contributed by atoms with Gasteiger partial charge in [-0.05, 0) is 13.8 Å². The van der Waals surface area contributed by atoms with E-state index in [1.165, 1.54) is 35.0 Å². The molecule has 0 bridgehead atoms. The number of ketones is 3. The van der Waals surface area contributed by atoms with Crippen molar-refractivity contribution in [3.05, 3.63) is 50.1 Å². The molecule has 0 aliphatic heterocycles. The number of Topliss-reactive ketones (excluding diaryl/α,β-unsaturated/α-hetero) is 3. The molecule has 7 N–H and O–H groups in total. The summed E-state index contributed by atoms with van der Waals surface area (Å²) in [5.74, 6) is -8.02. The Morgan fingerprint density at radius 3 is 1.11 bits per heavy atom. The fourth-order valence-electron chi connectivity index (χ4n) is 5.61. The first-order valence-electron chi connectivity index (χ1n) is 15.0. The maximum Gasteiger partial charge on any atom is 0.172 e. The molecule has 0 spiro atoms. The van der Waals surface area contributed by atoms with Crippen LogP contribution in [-0.2, 0) is 12.8 Å². The number of ether oxygens (including phenoxy) is 2. The zero-order valence-corrected chi connectivity index (χ0v) is 27.9. The lowest BCUT2D eigenvalue weighted by molar-refractivity contribution is 0.0925. The molecule has 0 aromatic heterocycles. The topological polar surface area (TPSA) is 211 Å². The molecule has 0 saturated heterocycles. The zero-order chi connectivity index (χ0) is 35.8. The standard InChI is InChI=1S/C35H42O12/c1-10-21(36)22-30(42)19(11-17-27(39)15(6)34(46-8)23(32(17)44)25(37)13(2)3)29(41)20(31(22)43)12-18-28(40)16(7)35(47-9)24(33(18)45)26(38)14(4)5/h13-14,39-45H,10-12H2,1-9H3. The van der Waals surface area contributed by atoms with Gasteiger partial charge in [0, 0.05) is 64.5 Å². The normalized spacial score (nSPS) is 11.3. The number of phenolic OH excluding ortho intramolecular Hbond substituents is 7. The monoisotopic (exact) mass is 654 g/mol. The molecule has 0 aliphatic carbocycles.